The Morgan fingerprint density at radius 1 is 1.07 bits per heavy atom. The average Bonchev–Trinajstić information content (AvgIpc) is 3.21. The van der Waals surface area contributed by atoms with Gasteiger partial charge in [-0.25, -0.2) is 0 Å². The number of hydrogen-bond acceptors (Lipinski definition) is 4. The van der Waals surface area contributed by atoms with Gasteiger partial charge >= 0.3 is 6.18 Å². The second-order valence-electron chi connectivity index (χ2n) is 6.73. The van der Waals surface area contributed by atoms with Crippen LogP contribution < -0.4 is 10.2 Å². The Balaban J connectivity index is 1.73. The Morgan fingerprint density at radius 3 is 2.46 bits per heavy atom. The van der Waals surface area contributed by atoms with Gasteiger partial charge in [-0.1, -0.05) is 6.07 Å². The quantitative estimate of drug-likeness (QED) is 0.653. The van der Waals surface area contributed by atoms with Gasteiger partial charge in [0.1, 0.15) is 0 Å². The summed E-state index contributed by atoms with van der Waals surface area (Å²) in [5, 5.41) is 4.37. The predicted octanol–water partition coefficient (Wildman–Crippen LogP) is 5.36. The van der Waals surface area contributed by atoms with Crippen LogP contribution in [0.4, 0.5) is 24.5 Å². The van der Waals surface area contributed by atoms with Crippen LogP contribution in [0.1, 0.15) is 47.3 Å². The zero-order chi connectivity index (χ0) is 20.1. The molecule has 3 rings (SSSR count). The molecule has 1 aromatic heterocycles. The van der Waals surface area contributed by atoms with Gasteiger partial charge in [0.15, 0.2) is 5.78 Å². The molecule has 28 heavy (non-hydrogen) atoms. The fourth-order valence-electron chi connectivity index (χ4n) is 3.22. The van der Waals surface area contributed by atoms with Gasteiger partial charge in [-0.3, -0.25) is 9.59 Å². The van der Waals surface area contributed by atoms with Crippen molar-refractivity contribution in [2.45, 2.75) is 38.3 Å². The molecule has 0 bridgehead atoms. The van der Waals surface area contributed by atoms with Gasteiger partial charge in [0.25, 0.3) is 0 Å². The first kappa shape index (κ1) is 20.4. The average molecular weight is 410 g/mol. The molecule has 4 nitrogen and oxygen atoms in total. The third-order valence-electron chi connectivity index (χ3n) is 4.67. The predicted molar refractivity (Wildman–Crippen MR) is 104 cm³/mol. The number of thiophene rings is 1. The highest BCUT2D eigenvalue weighted by atomic mass is 32.1. The summed E-state index contributed by atoms with van der Waals surface area (Å²) >= 11 is 1.30. The van der Waals surface area contributed by atoms with Crippen molar-refractivity contribution < 1.29 is 22.8 Å². The summed E-state index contributed by atoms with van der Waals surface area (Å²) in [7, 11) is 0. The minimum absolute atomic E-state index is 0.0182. The first-order chi connectivity index (χ1) is 13.3. The number of Topliss-reactive ketones (excluding diaryl/α,β-unsaturated/α-hetero) is 1. The second kappa shape index (κ2) is 8.77. The van der Waals surface area contributed by atoms with E-state index in [2.05, 4.69) is 5.32 Å². The number of nitrogens with one attached hydrogen (secondary N) is 1. The third kappa shape index (κ3) is 5.13. The molecule has 0 unspecified atom stereocenters. The van der Waals surface area contributed by atoms with Crippen molar-refractivity contribution in [3.8, 4) is 0 Å². The monoisotopic (exact) mass is 410 g/mol. The molecule has 2 heterocycles. The number of amides is 1. The number of rotatable bonds is 6. The Bertz CT molecular complexity index is 828. The summed E-state index contributed by atoms with van der Waals surface area (Å²) in [6.07, 6.45) is -1.54. The molecule has 150 valence electrons. The van der Waals surface area contributed by atoms with Crippen LogP contribution in [-0.2, 0) is 11.0 Å². The van der Waals surface area contributed by atoms with E-state index >= 15 is 0 Å². The number of carbonyl (C=O) groups excluding carboxylic acids is 2. The summed E-state index contributed by atoms with van der Waals surface area (Å²) in [5.41, 5.74) is -0.0749. The second-order valence-corrected chi connectivity index (χ2v) is 7.67. The maximum atomic E-state index is 13.1. The van der Waals surface area contributed by atoms with E-state index in [0.717, 1.165) is 44.5 Å². The molecule has 2 aromatic rings. The third-order valence-corrected chi connectivity index (χ3v) is 5.58. The van der Waals surface area contributed by atoms with Crippen molar-refractivity contribution in [2.24, 2.45) is 0 Å². The lowest BCUT2D eigenvalue weighted by Crippen LogP contribution is -2.30. The molecule has 1 aromatic carbocycles. The molecule has 1 N–H and O–H groups in total. The van der Waals surface area contributed by atoms with Gasteiger partial charge in [-0.05, 0) is 48.9 Å². The number of carbonyl (C=O) groups is 2. The molecule has 1 fully saturated rings. The van der Waals surface area contributed by atoms with Crippen LogP contribution in [0.5, 0.6) is 0 Å². The van der Waals surface area contributed by atoms with Gasteiger partial charge in [0.05, 0.1) is 21.8 Å². The summed E-state index contributed by atoms with van der Waals surface area (Å²) in [6.45, 7) is 1.48. The van der Waals surface area contributed by atoms with Crippen molar-refractivity contribution in [1.29, 1.82) is 0 Å². The van der Waals surface area contributed by atoms with Crippen LogP contribution in [0.3, 0.4) is 0 Å². The smallest absolute Gasteiger partial charge is 0.370 e. The first-order valence-corrected chi connectivity index (χ1v) is 10.1. The molecule has 0 spiro atoms. The van der Waals surface area contributed by atoms with Crippen molar-refractivity contribution >= 4 is 34.4 Å². The Kier molecular flexibility index (Phi) is 6.39. The van der Waals surface area contributed by atoms with Crippen molar-refractivity contribution in [3.63, 3.8) is 0 Å². The maximum Gasteiger partial charge on any atom is 0.416 e. The van der Waals surface area contributed by atoms with Gasteiger partial charge in [0.2, 0.25) is 5.91 Å². The SMILES string of the molecule is O=C(CCC(=O)c1cccs1)Nc1cc(C(F)(F)F)ccc1N1CCCCC1. The van der Waals surface area contributed by atoms with Crippen LogP contribution >= 0.6 is 11.3 Å². The lowest BCUT2D eigenvalue weighted by Gasteiger charge is -2.31. The lowest BCUT2D eigenvalue weighted by molar-refractivity contribution is -0.137. The highest BCUT2D eigenvalue weighted by molar-refractivity contribution is 7.12. The Hall–Kier alpha value is -2.35. The molecule has 1 aliphatic rings. The maximum absolute atomic E-state index is 13.1. The van der Waals surface area contributed by atoms with Crippen molar-refractivity contribution in [3.05, 3.63) is 46.2 Å². The standard InChI is InChI=1S/C20H21F3N2O2S/c21-20(22,23)14-6-7-16(25-10-2-1-3-11-25)15(13-14)24-19(27)9-8-17(26)18-5-4-12-28-18/h4-7,12-13H,1-3,8-11H2,(H,24,27). The summed E-state index contributed by atoms with van der Waals surface area (Å²) in [6, 6.07) is 6.88. The highest BCUT2D eigenvalue weighted by Crippen LogP contribution is 2.36. The van der Waals surface area contributed by atoms with Crippen molar-refractivity contribution in [1.82, 2.24) is 0 Å². The van der Waals surface area contributed by atoms with E-state index in [-0.39, 0.29) is 24.3 Å². The fraction of sp³-hybridized carbons (Fsp3) is 0.400. The molecular weight excluding hydrogens is 389 g/mol. The molecule has 0 atom stereocenters. The summed E-state index contributed by atoms with van der Waals surface area (Å²) < 4.78 is 39.4. The molecular formula is C20H21F3N2O2S. The number of benzene rings is 1. The molecule has 1 amide bonds. The molecule has 0 saturated carbocycles. The number of ketones is 1. The number of alkyl halides is 3. The molecule has 0 aliphatic carbocycles. The molecule has 1 aliphatic heterocycles. The van der Waals surface area contributed by atoms with Crippen LogP contribution in [0.25, 0.3) is 0 Å². The van der Waals surface area contributed by atoms with Crippen LogP contribution in [0, 0.1) is 0 Å². The Morgan fingerprint density at radius 2 is 1.82 bits per heavy atom. The number of hydrogen-bond donors (Lipinski definition) is 1. The first-order valence-electron chi connectivity index (χ1n) is 9.17. The van der Waals surface area contributed by atoms with E-state index < -0.39 is 17.6 Å². The number of anilines is 2. The zero-order valence-electron chi connectivity index (χ0n) is 15.2. The van der Waals surface area contributed by atoms with E-state index in [0.29, 0.717) is 10.6 Å². The largest absolute Gasteiger partial charge is 0.416 e. The molecule has 8 heteroatoms. The zero-order valence-corrected chi connectivity index (χ0v) is 16.0. The minimum atomic E-state index is -4.49. The normalized spacial score (nSPS) is 14.8. The molecule has 1 saturated heterocycles. The van der Waals surface area contributed by atoms with E-state index in [1.807, 2.05) is 4.90 Å². The van der Waals surface area contributed by atoms with Gasteiger partial charge in [-0.2, -0.15) is 13.2 Å². The summed E-state index contributed by atoms with van der Waals surface area (Å²) in [4.78, 5) is 26.9. The Labute approximate surface area is 165 Å². The van der Waals surface area contributed by atoms with Gasteiger partial charge in [0, 0.05) is 25.9 Å². The lowest BCUT2D eigenvalue weighted by atomic mass is 10.1. The van der Waals surface area contributed by atoms with Crippen LogP contribution in [0.2, 0.25) is 0 Å². The van der Waals surface area contributed by atoms with Crippen LogP contribution in [-0.4, -0.2) is 24.8 Å². The minimum Gasteiger partial charge on any atom is -0.370 e. The van der Waals surface area contributed by atoms with E-state index in [9.17, 15) is 22.8 Å². The number of nitrogens with zero attached hydrogens (tertiary/aromatic N) is 1. The molecule has 0 radical (unpaired) electrons. The number of piperidine rings is 1. The number of halogens is 3. The summed E-state index contributed by atoms with van der Waals surface area (Å²) in [5.74, 6) is -0.618. The van der Waals surface area contributed by atoms with E-state index in [1.54, 1.807) is 17.5 Å². The van der Waals surface area contributed by atoms with E-state index in [4.69, 9.17) is 0 Å². The van der Waals surface area contributed by atoms with Crippen LogP contribution in [0.15, 0.2) is 35.7 Å². The highest BCUT2D eigenvalue weighted by Gasteiger charge is 2.32. The topological polar surface area (TPSA) is 49.4 Å². The van der Waals surface area contributed by atoms with Gasteiger partial charge in [-0.15, -0.1) is 11.3 Å². The van der Waals surface area contributed by atoms with Gasteiger partial charge < -0.3 is 10.2 Å². The van der Waals surface area contributed by atoms with Crippen molar-refractivity contribution in [2.75, 3.05) is 23.3 Å². The fourth-order valence-corrected chi connectivity index (χ4v) is 3.92. The van der Waals surface area contributed by atoms with E-state index in [1.165, 1.54) is 17.4 Å².